The molecule has 0 radical (unpaired) electrons. The molecule has 21 heavy (non-hydrogen) atoms. The zero-order valence-electron chi connectivity index (χ0n) is 13.3. The summed E-state index contributed by atoms with van der Waals surface area (Å²) in [6.45, 7) is 4.27. The number of unbranched alkanes of at least 4 members (excludes halogenated alkanes) is 1. The molecule has 3 N–H and O–H groups in total. The number of nitrogens with two attached hydrogens (primary N) is 1. The van der Waals surface area contributed by atoms with Gasteiger partial charge in [-0.15, -0.1) is 0 Å². The van der Waals surface area contributed by atoms with Gasteiger partial charge in [0.1, 0.15) is 5.78 Å². The fourth-order valence-electron chi connectivity index (χ4n) is 2.42. The summed E-state index contributed by atoms with van der Waals surface area (Å²) in [5.41, 5.74) is 5.02. The third-order valence-corrected chi connectivity index (χ3v) is 3.94. The number of carbonyl (C=O) groups excluding carboxylic acids is 2. The summed E-state index contributed by atoms with van der Waals surface area (Å²) in [6.07, 6.45) is 5.93. The number of carboxylic acid groups (broad SMARTS) is 1. The molecule has 1 amide bonds. The largest absolute Gasteiger partial charge is 0.481 e. The highest BCUT2D eigenvalue weighted by atomic mass is 16.4. The van der Waals surface area contributed by atoms with Crippen LogP contribution in [0.2, 0.25) is 0 Å². The number of ketones is 1. The van der Waals surface area contributed by atoms with Crippen molar-refractivity contribution < 1.29 is 19.5 Å². The van der Waals surface area contributed by atoms with E-state index in [1.807, 2.05) is 0 Å². The van der Waals surface area contributed by atoms with Gasteiger partial charge in [-0.1, -0.05) is 39.5 Å². The second kappa shape index (κ2) is 11.3. The van der Waals surface area contributed by atoms with Gasteiger partial charge in [0.2, 0.25) is 5.91 Å². The van der Waals surface area contributed by atoms with E-state index >= 15 is 0 Å². The maximum absolute atomic E-state index is 11.9. The van der Waals surface area contributed by atoms with Crippen molar-refractivity contribution in [3.63, 3.8) is 0 Å². The summed E-state index contributed by atoms with van der Waals surface area (Å²) in [6, 6.07) is 0. The topological polar surface area (TPSA) is 97.5 Å². The Balaban J connectivity index is 4.18. The van der Waals surface area contributed by atoms with Crippen LogP contribution in [0.15, 0.2) is 0 Å². The quantitative estimate of drug-likeness (QED) is 0.546. The fraction of sp³-hybridized carbons (Fsp3) is 0.812. The number of amides is 1. The summed E-state index contributed by atoms with van der Waals surface area (Å²) in [4.78, 5) is 33.7. The lowest BCUT2D eigenvalue weighted by atomic mass is 9.90. The minimum atomic E-state index is -1.03. The van der Waals surface area contributed by atoms with Crippen molar-refractivity contribution in [2.45, 2.75) is 71.6 Å². The van der Waals surface area contributed by atoms with Crippen LogP contribution in [0.4, 0.5) is 0 Å². The minimum absolute atomic E-state index is 0.00677. The van der Waals surface area contributed by atoms with Crippen molar-refractivity contribution in [1.82, 2.24) is 0 Å². The summed E-state index contributed by atoms with van der Waals surface area (Å²) >= 11 is 0. The lowest BCUT2D eigenvalue weighted by molar-refractivity contribution is -0.144. The molecule has 0 aliphatic carbocycles. The molecule has 0 aromatic carbocycles. The first kappa shape index (κ1) is 19.6. The van der Waals surface area contributed by atoms with E-state index < -0.39 is 17.8 Å². The molecule has 0 heterocycles. The van der Waals surface area contributed by atoms with Gasteiger partial charge >= 0.3 is 5.97 Å². The molecule has 0 bridgehead atoms. The summed E-state index contributed by atoms with van der Waals surface area (Å²) in [5, 5.41) is 9.07. The number of carbonyl (C=O) groups is 3. The predicted octanol–water partition coefficient (Wildman–Crippen LogP) is 2.91. The Bertz CT molecular complexity index is 341. The van der Waals surface area contributed by atoms with Crippen LogP contribution in [0.3, 0.4) is 0 Å². The molecular weight excluding hydrogens is 270 g/mol. The van der Waals surface area contributed by atoms with Crippen LogP contribution in [0.25, 0.3) is 0 Å². The summed E-state index contributed by atoms with van der Waals surface area (Å²) < 4.78 is 0. The van der Waals surface area contributed by atoms with Gasteiger partial charge < -0.3 is 10.8 Å². The highest BCUT2D eigenvalue weighted by Crippen LogP contribution is 2.20. The molecule has 122 valence electrons. The van der Waals surface area contributed by atoms with E-state index in [0.29, 0.717) is 12.3 Å². The Morgan fingerprint density at radius 2 is 1.71 bits per heavy atom. The van der Waals surface area contributed by atoms with E-state index in [9.17, 15) is 14.4 Å². The minimum Gasteiger partial charge on any atom is -0.481 e. The molecule has 0 spiro atoms. The lowest BCUT2D eigenvalue weighted by Crippen LogP contribution is -2.21. The Labute approximate surface area is 127 Å². The highest BCUT2D eigenvalue weighted by Gasteiger charge is 2.22. The number of hydrogen-bond donors (Lipinski definition) is 2. The molecule has 5 heteroatoms. The molecule has 0 saturated heterocycles. The number of rotatable bonds is 13. The monoisotopic (exact) mass is 299 g/mol. The van der Waals surface area contributed by atoms with Gasteiger partial charge in [-0.05, 0) is 18.8 Å². The molecule has 0 aromatic heterocycles. The summed E-state index contributed by atoms with van der Waals surface area (Å²) in [5.74, 6) is -1.83. The van der Waals surface area contributed by atoms with Crippen molar-refractivity contribution in [2.24, 2.45) is 17.6 Å². The van der Waals surface area contributed by atoms with Crippen molar-refractivity contribution in [2.75, 3.05) is 0 Å². The number of Topliss-reactive ketones (excluding diaryl/α,β-unsaturated/α-hetero) is 1. The van der Waals surface area contributed by atoms with Gasteiger partial charge in [-0.25, -0.2) is 0 Å². The van der Waals surface area contributed by atoms with Crippen LogP contribution in [-0.2, 0) is 14.4 Å². The highest BCUT2D eigenvalue weighted by molar-refractivity contribution is 5.84. The molecule has 0 rings (SSSR count). The molecule has 0 fully saturated rings. The molecule has 0 aliphatic rings. The first-order valence-corrected chi connectivity index (χ1v) is 7.93. The van der Waals surface area contributed by atoms with Crippen LogP contribution >= 0.6 is 0 Å². The van der Waals surface area contributed by atoms with Crippen molar-refractivity contribution >= 4 is 17.7 Å². The first-order chi connectivity index (χ1) is 9.90. The van der Waals surface area contributed by atoms with Crippen LogP contribution < -0.4 is 5.73 Å². The third kappa shape index (κ3) is 10.0. The van der Waals surface area contributed by atoms with Gasteiger partial charge in [0.15, 0.2) is 0 Å². The SMILES string of the molecule is CCCCC(CC)CCC(=O)CC(CCC(N)=O)C(=O)O. The first-order valence-electron chi connectivity index (χ1n) is 7.93. The number of aliphatic carboxylic acids is 1. The third-order valence-electron chi connectivity index (χ3n) is 3.94. The van der Waals surface area contributed by atoms with Gasteiger partial charge in [-0.2, -0.15) is 0 Å². The number of hydrogen-bond acceptors (Lipinski definition) is 3. The smallest absolute Gasteiger partial charge is 0.306 e. The van der Waals surface area contributed by atoms with Crippen molar-refractivity contribution in [3.05, 3.63) is 0 Å². The van der Waals surface area contributed by atoms with Gasteiger partial charge in [-0.3, -0.25) is 14.4 Å². The average molecular weight is 299 g/mol. The van der Waals surface area contributed by atoms with E-state index in [4.69, 9.17) is 10.8 Å². The average Bonchev–Trinajstić information content (AvgIpc) is 2.43. The van der Waals surface area contributed by atoms with E-state index in [-0.39, 0.29) is 25.0 Å². The number of carboxylic acids is 1. The van der Waals surface area contributed by atoms with Gasteiger partial charge in [0, 0.05) is 19.3 Å². The Morgan fingerprint density at radius 1 is 1.05 bits per heavy atom. The van der Waals surface area contributed by atoms with Crippen LogP contribution in [-0.4, -0.2) is 22.8 Å². The predicted molar refractivity (Wildman–Crippen MR) is 81.7 cm³/mol. The normalized spacial score (nSPS) is 13.6. The summed E-state index contributed by atoms with van der Waals surface area (Å²) in [7, 11) is 0. The molecule has 0 saturated carbocycles. The van der Waals surface area contributed by atoms with E-state index in [0.717, 1.165) is 25.7 Å². The van der Waals surface area contributed by atoms with Crippen LogP contribution in [0.1, 0.15) is 71.6 Å². The maximum atomic E-state index is 11.9. The molecule has 2 atom stereocenters. The van der Waals surface area contributed by atoms with Crippen molar-refractivity contribution in [3.8, 4) is 0 Å². The van der Waals surface area contributed by atoms with Crippen LogP contribution in [0, 0.1) is 11.8 Å². The van der Waals surface area contributed by atoms with E-state index in [1.165, 1.54) is 6.42 Å². The second-order valence-electron chi connectivity index (χ2n) is 5.74. The van der Waals surface area contributed by atoms with Crippen LogP contribution in [0.5, 0.6) is 0 Å². The molecular formula is C16H29NO4. The molecule has 0 aromatic rings. The zero-order chi connectivity index (χ0) is 16.3. The Kier molecular flexibility index (Phi) is 10.5. The van der Waals surface area contributed by atoms with E-state index in [2.05, 4.69) is 13.8 Å². The fourth-order valence-corrected chi connectivity index (χ4v) is 2.42. The Morgan fingerprint density at radius 3 is 2.19 bits per heavy atom. The molecule has 2 unspecified atom stereocenters. The zero-order valence-corrected chi connectivity index (χ0v) is 13.3. The maximum Gasteiger partial charge on any atom is 0.306 e. The lowest BCUT2D eigenvalue weighted by Gasteiger charge is -2.15. The second-order valence-corrected chi connectivity index (χ2v) is 5.74. The molecule has 5 nitrogen and oxygen atoms in total. The number of primary amides is 1. The van der Waals surface area contributed by atoms with Gasteiger partial charge in [0.05, 0.1) is 5.92 Å². The van der Waals surface area contributed by atoms with Crippen molar-refractivity contribution in [1.29, 1.82) is 0 Å². The molecule has 0 aliphatic heterocycles. The van der Waals surface area contributed by atoms with E-state index in [1.54, 1.807) is 0 Å². The standard InChI is InChI=1S/C16H29NO4/c1-3-5-6-12(4-2)7-9-14(18)11-13(16(20)21)8-10-15(17)19/h12-13H,3-11H2,1-2H3,(H2,17,19)(H,20,21). The van der Waals surface area contributed by atoms with Gasteiger partial charge in [0.25, 0.3) is 0 Å². The Hall–Kier alpha value is -1.39.